The van der Waals surface area contributed by atoms with Crippen LogP contribution < -0.4 is 0 Å². The highest BCUT2D eigenvalue weighted by molar-refractivity contribution is 9.10. The Labute approximate surface area is 199 Å². The van der Waals surface area contributed by atoms with Crippen molar-refractivity contribution < 1.29 is 19.4 Å². The van der Waals surface area contributed by atoms with Gasteiger partial charge in [0.05, 0.1) is 5.02 Å². The van der Waals surface area contributed by atoms with Crippen molar-refractivity contribution in [3.8, 4) is 11.1 Å². The Balaban J connectivity index is 1.57. The second kappa shape index (κ2) is 9.35. The molecule has 0 heterocycles. The normalized spacial score (nSPS) is 13.2. The van der Waals surface area contributed by atoms with Gasteiger partial charge in [-0.15, -0.1) is 0 Å². The Morgan fingerprint density at radius 2 is 1.66 bits per heavy atom. The highest BCUT2D eigenvalue weighted by atomic mass is 79.9. The minimum atomic E-state index is -1.21. The minimum absolute atomic E-state index is 0.101. The van der Waals surface area contributed by atoms with Crippen LogP contribution in [0.2, 0.25) is 5.02 Å². The maximum Gasteiger partial charge on any atom is 0.410 e. The maximum atomic E-state index is 13.0. The van der Waals surface area contributed by atoms with Gasteiger partial charge in [0.15, 0.2) is 6.04 Å². The van der Waals surface area contributed by atoms with Gasteiger partial charge in [-0.25, -0.2) is 9.59 Å². The Hall–Kier alpha value is -2.83. The molecule has 0 spiro atoms. The van der Waals surface area contributed by atoms with E-state index in [0.29, 0.717) is 15.1 Å². The summed E-state index contributed by atoms with van der Waals surface area (Å²) >= 11 is 9.46. The van der Waals surface area contributed by atoms with Gasteiger partial charge in [0, 0.05) is 16.9 Å². The number of rotatable bonds is 6. The Kier molecular flexibility index (Phi) is 6.53. The van der Waals surface area contributed by atoms with E-state index >= 15 is 0 Å². The smallest absolute Gasteiger partial charge is 0.410 e. The zero-order valence-corrected chi connectivity index (χ0v) is 19.6. The Morgan fingerprint density at radius 3 is 2.19 bits per heavy atom. The lowest BCUT2D eigenvalue weighted by Gasteiger charge is -2.28. The molecule has 4 rings (SSSR count). The largest absolute Gasteiger partial charge is 0.479 e. The average Bonchev–Trinajstić information content (AvgIpc) is 3.11. The second-order valence-corrected chi connectivity index (χ2v) is 8.77. The second-order valence-electron chi connectivity index (χ2n) is 7.50. The van der Waals surface area contributed by atoms with Gasteiger partial charge in [-0.1, -0.05) is 66.2 Å². The lowest BCUT2D eigenvalue weighted by atomic mass is 9.98. The number of aliphatic carboxylic acids is 1. The molecule has 1 unspecified atom stereocenters. The number of carboxylic acid groups (broad SMARTS) is 1. The predicted molar refractivity (Wildman–Crippen MR) is 127 cm³/mol. The number of halogens is 2. The van der Waals surface area contributed by atoms with Crippen LogP contribution in [0.1, 0.15) is 35.6 Å². The first-order chi connectivity index (χ1) is 15.4. The average molecular weight is 515 g/mol. The number of carboxylic acids is 1. The predicted octanol–water partition coefficient (Wildman–Crippen LogP) is 6.50. The quantitative estimate of drug-likeness (QED) is 0.408. The summed E-state index contributed by atoms with van der Waals surface area (Å²) in [6.45, 7) is 2.01. The van der Waals surface area contributed by atoms with E-state index in [2.05, 4.69) is 28.1 Å². The summed E-state index contributed by atoms with van der Waals surface area (Å²) < 4.78 is 6.33. The number of likely N-dealkylation sites (N-methyl/N-ethyl adjacent to an activating group) is 1. The molecule has 0 saturated heterocycles. The molecule has 1 aliphatic carbocycles. The number of fused-ring (bicyclic) bond motifs is 3. The van der Waals surface area contributed by atoms with Gasteiger partial charge in [-0.2, -0.15) is 0 Å². The van der Waals surface area contributed by atoms with Crippen LogP contribution in [-0.2, 0) is 9.53 Å². The van der Waals surface area contributed by atoms with E-state index in [1.165, 1.54) is 4.90 Å². The van der Waals surface area contributed by atoms with Crippen molar-refractivity contribution in [2.75, 3.05) is 13.2 Å². The summed E-state index contributed by atoms with van der Waals surface area (Å²) in [5.41, 5.74) is 4.85. The molecule has 7 heteroatoms. The van der Waals surface area contributed by atoms with Crippen LogP contribution in [0.4, 0.5) is 4.79 Å². The van der Waals surface area contributed by atoms with Crippen LogP contribution in [0.15, 0.2) is 71.2 Å². The molecule has 1 aliphatic rings. The first kappa shape index (κ1) is 22.4. The van der Waals surface area contributed by atoms with E-state index in [1.54, 1.807) is 25.1 Å². The van der Waals surface area contributed by atoms with Crippen LogP contribution in [0.5, 0.6) is 0 Å². The fourth-order valence-corrected chi connectivity index (χ4v) is 4.67. The standard InChI is InChI=1S/C25H21BrClNO4/c1-2-28(23(24(29)30)15-11-12-21(26)22(27)13-15)25(31)32-14-20-18-9-5-3-7-16(18)17-8-4-6-10-19(17)20/h3-13,20,23H,2,14H2,1H3,(H,29,30). The summed E-state index contributed by atoms with van der Waals surface area (Å²) in [4.78, 5) is 26.3. The third-order valence-corrected chi connectivity index (χ3v) is 6.95. The van der Waals surface area contributed by atoms with Crippen LogP contribution in [0.25, 0.3) is 11.1 Å². The lowest BCUT2D eigenvalue weighted by molar-refractivity contribution is -0.143. The lowest BCUT2D eigenvalue weighted by Crippen LogP contribution is -2.39. The van der Waals surface area contributed by atoms with Gasteiger partial charge < -0.3 is 9.84 Å². The van der Waals surface area contributed by atoms with E-state index in [0.717, 1.165) is 22.3 Å². The van der Waals surface area contributed by atoms with E-state index in [1.807, 2.05) is 36.4 Å². The highest BCUT2D eigenvalue weighted by Crippen LogP contribution is 2.44. The molecule has 0 radical (unpaired) electrons. The number of benzene rings is 3. The monoisotopic (exact) mass is 513 g/mol. The molecule has 0 saturated carbocycles. The van der Waals surface area contributed by atoms with E-state index in [4.69, 9.17) is 16.3 Å². The molecule has 3 aromatic carbocycles. The fraction of sp³-hybridized carbons (Fsp3) is 0.200. The van der Waals surface area contributed by atoms with Crippen LogP contribution in [0.3, 0.4) is 0 Å². The summed E-state index contributed by atoms with van der Waals surface area (Å²) in [5, 5.41) is 10.2. The third-order valence-electron chi connectivity index (χ3n) is 5.72. The molecule has 0 aromatic heterocycles. The van der Waals surface area contributed by atoms with Crippen LogP contribution in [-0.4, -0.2) is 35.2 Å². The summed E-state index contributed by atoms with van der Waals surface area (Å²) in [6.07, 6.45) is -0.680. The Bertz CT molecular complexity index is 1140. The third kappa shape index (κ3) is 4.12. The van der Waals surface area contributed by atoms with Gasteiger partial charge in [0.2, 0.25) is 0 Å². The highest BCUT2D eigenvalue weighted by Gasteiger charge is 2.34. The summed E-state index contributed by atoms with van der Waals surface area (Å²) in [5.74, 6) is -1.26. The molecular formula is C25H21BrClNO4. The van der Waals surface area contributed by atoms with Crippen LogP contribution >= 0.6 is 27.5 Å². The molecule has 1 N–H and O–H groups in total. The molecular weight excluding hydrogens is 494 g/mol. The number of hydrogen-bond donors (Lipinski definition) is 1. The molecule has 32 heavy (non-hydrogen) atoms. The molecule has 0 aliphatic heterocycles. The van der Waals surface area contributed by atoms with Crippen LogP contribution in [0, 0.1) is 0 Å². The van der Waals surface area contributed by atoms with Crippen molar-refractivity contribution in [1.29, 1.82) is 0 Å². The molecule has 5 nitrogen and oxygen atoms in total. The van der Waals surface area contributed by atoms with Gasteiger partial charge in [-0.05, 0) is 62.8 Å². The van der Waals surface area contributed by atoms with Crippen molar-refractivity contribution in [2.45, 2.75) is 18.9 Å². The number of amides is 1. The SMILES string of the molecule is CCN(C(=O)OCC1c2ccccc2-c2ccccc21)C(C(=O)O)c1ccc(Br)c(Cl)c1. The molecule has 1 atom stereocenters. The minimum Gasteiger partial charge on any atom is -0.479 e. The van der Waals surface area contributed by atoms with Gasteiger partial charge in [0.1, 0.15) is 6.61 Å². The van der Waals surface area contributed by atoms with Gasteiger partial charge >= 0.3 is 12.1 Å². The molecule has 1 amide bonds. The number of hydrogen-bond acceptors (Lipinski definition) is 3. The summed E-state index contributed by atoms with van der Waals surface area (Å²) in [6, 6.07) is 19.7. The zero-order valence-electron chi connectivity index (χ0n) is 17.3. The van der Waals surface area contributed by atoms with Crippen molar-refractivity contribution in [2.24, 2.45) is 0 Å². The van der Waals surface area contributed by atoms with E-state index < -0.39 is 18.1 Å². The van der Waals surface area contributed by atoms with Crippen molar-refractivity contribution >= 4 is 39.6 Å². The number of carbonyl (C=O) groups excluding carboxylic acids is 1. The maximum absolute atomic E-state index is 13.0. The number of ether oxygens (including phenoxy) is 1. The first-order valence-electron chi connectivity index (χ1n) is 10.2. The number of carbonyl (C=O) groups is 2. The molecule has 164 valence electrons. The van der Waals surface area contributed by atoms with E-state index in [9.17, 15) is 14.7 Å². The number of nitrogens with zero attached hydrogens (tertiary/aromatic N) is 1. The van der Waals surface area contributed by atoms with Gasteiger partial charge in [0.25, 0.3) is 0 Å². The molecule has 3 aromatic rings. The first-order valence-corrected chi connectivity index (χ1v) is 11.4. The fourth-order valence-electron chi connectivity index (χ4n) is 4.23. The van der Waals surface area contributed by atoms with Gasteiger partial charge in [-0.3, -0.25) is 4.90 Å². The van der Waals surface area contributed by atoms with E-state index in [-0.39, 0.29) is 19.1 Å². The molecule has 0 fully saturated rings. The Morgan fingerprint density at radius 1 is 1.06 bits per heavy atom. The topological polar surface area (TPSA) is 66.8 Å². The van der Waals surface area contributed by atoms with Crippen molar-refractivity contribution in [3.63, 3.8) is 0 Å². The molecule has 0 bridgehead atoms. The van der Waals surface area contributed by atoms with Crippen molar-refractivity contribution in [3.05, 3.63) is 92.9 Å². The van der Waals surface area contributed by atoms with Crippen molar-refractivity contribution in [1.82, 2.24) is 4.90 Å². The zero-order chi connectivity index (χ0) is 22.8. The summed E-state index contributed by atoms with van der Waals surface area (Å²) in [7, 11) is 0.